The van der Waals surface area contributed by atoms with E-state index in [4.69, 9.17) is 4.74 Å². The van der Waals surface area contributed by atoms with Crippen molar-refractivity contribution in [2.75, 3.05) is 12.0 Å². The van der Waals surface area contributed by atoms with Gasteiger partial charge >= 0.3 is 5.97 Å². The standard InChI is InChI=1S/C16H14N4O4S/c1-3-24-15(23)10-8-17-16(18-13(10)11-5-4-6-25-11)19-20-12(21)7-9(2)14(20)22/h4-8H,3H2,1-2H3,(H,17,18,19). The van der Waals surface area contributed by atoms with Crippen molar-refractivity contribution in [3.05, 3.63) is 40.9 Å². The number of hydrogen-bond donors (Lipinski definition) is 1. The minimum Gasteiger partial charge on any atom is -0.462 e. The fraction of sp³-hybridized carbons (Fsp3) is 0.188. The number of nitrogens with zero attached hydrogens (tertiary/aromatic N) is 3. The summed E-state index contributed by atoms with van der Waals surface area (Å²) in [7, 11) is 0. The Morgan fingerprint density at radius 2 is 2.20 bits per heavy atom. The van der Waals surface area contributed by atoms with Crippen LogP contribution in [0.2, 0.25) is 0 Å². The van der Waals surface area contributed by atoms with Gasteiger partial charge in [-0.3, -0.25) is 15.0 Å². The van der Waals surface area contributed by atoms with Crippen LogP contribution in [0.5, 0.6) is 0 Å². The van der Waals surface area contributed by atoms with Gasteiger partial charge in [0.1, 0.15) is 11.3 Å². The third-order valence-corrected chi connectivity index (χ3v) is 4.23. The Morgan fingerprint density at radius 1 is 1.40 bits per heavy atom. The average Bonchev–Trinajstić information content (AvgIpc) is 3.20. The summed E-state index contributed by atoms with van der Waals surface area (Å²) in [5, 5.41) is 2.67. The normalized spacial score (nSPS) is 13.8. The second-order valence-corrected chi connectivity index (χ2v) is 6.02. The van der Waals surface area contributed by atoms with Gasteiger partial charge in [0.05, 0.1) is 11.5 Å². The molecule has 8 nitrogen and oxygen atoms in total. The third kappa shape index (κ3) is 3.26. The molecule has 0 saturated heterocycles. The van der Waals surface area contributed by atoms with E-state index in [0.29, 0.717) is 11.3 Å². The van der Waals surface area contributed by atoms with Gasteiger partial charge in [0.2, 0.25) is 5.95 Å². The van der Waals surface area contributed by atoms with Crippen molar-refractivity contribution < 1.29 is 19.1 Å². The Bertz CT molecular complexity index is 876. The number of carbonyl (C=O) groups is 3. The quantitative estimate of drug-likeness (QED) is 0.644. The summed E-state index contributed by atoms with van der Waals surface area (Å²) in [6.45, 7) is 3.48. The van der Waals surface area contributed by atoms with E-state index in [2.05, 4.69) is 15.4 Å². The fourth-order valence-electron chi connectivity index (χ4n) is 2.19. The van der Waals surface area contributed by atoms with Gasteiger partial charge in [-0.25, -0.2) is 14.8 Å². The van der Waals surface area contributed by atoms with E-state index in [1.165, 1.54) is 23.6 Å². The van der Waals surface area contributed by atoms with Gasteiger partial charge in [-0.05, 0) is 25.3 Å². The van der Waals surface area contributed by atoms with Gasteiger partial charge in [0.15, 0.2) is 0 Å². The zero-order chi connectivity index (χ0) is 18.0. The first kappa shape index (κ1) is 16.8. The molecule has 25 heavy (non-hydrogen) atoms. The third-order valence-electron chi connectivity index (χ3n) is 3.35. The van der Waals surface area contributed by atoms with Gasteiger partial charge < -0.3 is 4.74 Å². The predicted molar refractivity (Wildman–Crippen MR) is 90.5 cm³/mol. The van der Waals surface area contributed by atoms with Crippen molar-refractivity contribution in [1.82, 2.24) is 15.0 Å². The number of ether oxygens (including phenoxy) is 1. The number of hydrazine groups is 1. The Kier molecular flexibility index (Phi) is 4.57. The Hall–Kier alpha value is -3.07. The van der Waals surface area contributed by atoms with Gasteiger partial charge in [-0.1, -0.05) is 6.07 Å². The molecule has 128 valence electrons. The van der Waals surface area contributed by atoms with E-state index in [9.17, 15) is 14.4 Å². The zero-order valence-corrected chi connectivity index (χ0v) is 14.3. The van der Waals surface area contributed by atoms with Crippen LogP contribution in [-0.4, -0.2) is 39.4 Å². The molecule has 0 radical (unpaired) electrons. The summed E-state index contributed by atoms with van der Waals surface area (Å²) in [6, 6.07) is 3.63. The molecule has 0 saturated carbocycles. The number of esters is 1. The van der Waals surface area contributed by atoms with Crippen LogP contribution in [0.4, 0.5) is 5.95 Å². The molecule has 1 aliphatic heterocycles. The summed E-state index contributed by atoms with van der Waals surface area (Å²) in [5.41, 5.74) is 3.48. The number of anilines is 1. The van der Waals surface area contributed by atoms with E-state index in [1.807, 2.05) is 11.4 Å². The van der Waals surface area contributed by atoms with Crippen LogP contribution in [0, 0.1) is 0 Å². The van der Waals surface area contributed by atoms with E-state index in [-0.39, 0.29) is 18.1 Å². The predicted octanol–water partition coefficient (Wildman–Crippen LogP) is 2.02. The Labute approximate surface area is 147 Å². The summed E-state index contributed by atoms with van der Waals surface area (Å²) in [6.07, 6.45) is 2.54. The van der Waals surface area contributed by atoms with E-state index in [1.54, 1.807) is 19.9 Å². The maximum atomic E-state index is 12.1. The van der Waals surface area contributed by atoms with Gasteiger partial charge in [-0.2, -0.15) is 5.01 Å². The molecule has 0 aliphatic carbocycles. The molecule has 3 heterocycles. The molecule has 0 unspecified atom stereocenters. The summed E-state index contributed by atoms with van der Waals surface area (Å²) in [5.74, 6) is -1.48. The monoisotopic (exact) mass is 358 g/mol. The first-order valence-electron chi connectivity index (χ1n) is 7.42. The lowest BCUT2D eigenvalue weighted by Gasteiger charge is -2.16. The number of nitrogens with one attached hydrogen (secondary N) is 1. The number of rotatable bonds is 5. The maximum absolute atomic E-state index is 12.1. The highest BCUT2D eigenvalue weighted by molar-refractivity contribution is 7.13. The lowest BCUT2D eigenvalue weighted by molar-refractivity contribution is -0.135. The largest absolute Gasteiger partial charge is 0.462 e. The topological polar surface area (TPSA) is 101 Å². The number of hydrogen-bond acceptors (Lipinski definition) is 8. The first-order valence-corrected chi connectivity index (χ1v) is 8.30. The average molecular weight is 358 g/mol. The minimum atomic E-state index is -0.539. The summed E-state index contributed by atoms with van der Waals surface area (Å²) < 4.78 is 5.03. The smallest absolute Gasteiger partial charge is 0.341 e. The molecule has 0 spiro atoms. The van der Waals surface area contributed by atoms with Crippen LogP contribution >= 0.6 is 11.3 Å². The van der Waals surface area contributed by atoms with E-state index in [0.717, 1.165) is 9.89 Å². The van der Waals surface area contributed by atoms with Crippen LogP contribution in [0.15, 0.2) is 35.4 Å². The van der Waals surface area contributed by atoms with Crippen molar-refractivity contribution in [2.24, 2.45) is 0 Å². The Morgan fingerprint density at radius 3 is 2.80 bits per heavy atom. The molecule has 0 atom stereocenters. The molecule has 1 N–H and O–H groups in total. The molecule has 2 aromatic heterocycles. The van der Waals surface area contributed by atoms with Crippen molar-refractivity contribution in [1.29, 1.82) is 0 Å². The first-order chi connectivity index (χ1) is 12.0. The molecule has 2 aromatic rings. The highest BCUT2D eigenvalue weighted by Gasteiger charge is 2.29. The molecule has 1 aliphatic rings. The van der Waals surface area contributed by atoms with E-state index >= 15 is 0 Å². The van der Waals surface area contributed by atoms with Crippen molar-refractivity contribution in [3.8, 4) is 10.6 Å². The fourth-order valence-corrected chi connectivity index (χ4v) is 2.92. The maximum Gasteiger partial charge on any atom is 0.341 e. The number of carbonyl (C=O) groups excluding carboxylic acids is 3. The van der Waals surface area contributed by atoms with Crippen LogP contribution in [-0.2, 0) is 14.3 Å². The SMILES string of the molecule is CCOC(=O)c1cnc(NN2C(=O)C=C(C)C2=O)nc1-c1cccs1. The molecule has 3 rings (SSSR count). The molecule has 0 fully saturated rings. The lowest BCUT2D eigenvalue weighted by atomic mass is 10.2. The van der Waals surface area contributed by atoms with E-state index < -0.39 is 17.8 Å². The summed E-state index contributed by atoms with van der Waals surface area (Å²) >= 11 is 1.40. The van der Waals surface area contributed by atoms with Crippen molar-refractivity contribution in [3.63, 3.8) is 0 Å². The number of thiophene rings is 1. The number of amides is 2. The molecular weight excluding hydrogens is 344 g/mol. The number of aromatic nitrogens is 2. The Balaban J connectivity index is 1.95. The van der Waals surface area contributed by atoms with Crippen molar-refractivity contribution in [2.45, 2.75) is 13.8 Å². The van der Waals surface area contributed by atoms with Crippen LogP contribution in [0.25, 0.3) is 10.6 Å². The van der Waals surface area contributed by atoms with Gasteiger partial charge in [0, 0.05) is 17.8 Å². The van der Waals surface area contributed by atoms with Crippen LogP contribution in [0.1, 0.15) is 24.2 Å². The molecular formula is C16H14N4O4S. The zero-order valence-electron chi connectivity index (χ0n) is 13.5. The number of imide groups is 1. The second-order valence-electron chi connectivity index (χ2n) is 5.07. The highest BCUT2D eigenvalue weighted by atomic mass is 32.1. The molecule has 0 bridgehead atoms. The lowest BCUT2D eigenvalue weighted by Crippen LogP contribution is -2.37. The molecule has 2 amide bonds. The van der Waals surface area contributed by atoms with Crippen LogP contribution in [0.3, 0.4) is 0 Å². The van der Waals surface area contributed by atoms with Crippen molar-refractivity contribution >= 4 is 35.1 Å². The van der Waals surface area contributed by atoms with Crippen LogP contribution < -0.4 is 5.43 Å². The minimum absolute atomic E-state index is 0.0289. The molecule has 0 aromatic carbocycles. The van der Waals surface area contributed by atoms with Gasteiger partial charge in [-0.15, -0.1) is 11.3 Å². The van der Waals surface area contributed by atoms with Gasteiger partial charge in [0.25, 0.3) is 11.8 Å². The molecule has 9 heteroatoms. The second kappa shape index (κ2) is 6.81. The highest BCUT2D eigenvalue weighted by Crippen LogP contribution is 2.27. The summed E-state index contributed by atoms with van der Waals surface area (Å²) in [4.78, 5) is 44.9.